The number of nitrogens with one attached hydrogen (secondary N) is 1. The number of thiophene rings is 1. The van der Waals surface area contributed by atoms with Gasteiger partial charge in [0, 0.05) is 11.1 Å². The van der Waals surface area contributed by atoms with Crippen LogP contribution in [0.3, 0.4) is 0 Å². The van der Waals surface area contributed by atoms with Crippen molar-refractivity contribution in [3.8, 4) is 5.75 Å². The number of hydrogen-bond acceptors (Lipinski definition) is 5. The molecule has 0 radical (unpaired) electrons. The van der Waals surface area contributed by atoms with Gasteiger partial charge in [-0.3, -0.25) is 9.78 Å². The molecule has 3 aromatic rings. The second kappa shape index (κ2) is 7.29. The Morgan fingerprint density at radius 1 is 1.16 bits per heavy atom. The summed E-state index contributed by atoms with van der Waals surface area (Å²) in [6.07, 6.45) is 1.76. The molecule has 3 heterocycles. The van der Waals surface area contributed by atoms with Crippen LogP contribution in [-0.2, 0) is 11.4 Å². The lowest BCUT2D eigenvalue weighted by Gasteiger charge is -2.14. The highest BCUT2D eigenvalue weighted by molar-refractivity contribution is 8.00. The van der Waals surface area contributed by atoms with Gasteiger partial charge in [-0.2, -0.15) is 0 Å². The van der Waals surface area contributed by atoms with Gasteiger partial charge in [0.15, 0.2) is 0 Å². The van der Waals surface area contributed by atoms with Crippen LogP contribution < -0.4 is 10.1 Å². The summed E-state index contributed by atoms with van der Waals surface area (Å²) in [5.41, 5.74) is 3.01. The standard InChI is InChI=1S/C19H16N2O2S2/c22-17-12-25-18(19-16(21-17)8-10-24-19)13-4-6-15(7-5-13)23-11-14-3-1-2-9-20-14/h1-10,18H,11-12H2,(H,21,22)/t18-/m0/s1. The lowest BCUT2D eigenvalue weighted by atomic mass is 10.1. The molecule has 1 aliphatic rings. The van der Waals surface area contributed by atoms with E-state index in [-0.39, 0.29) is 11.2 Å². The van der Waals surface area contributed by atoms with E-state index in [1.807, 2.05) is 41.8 Å². The van der Waals surface area contributed by atoms with E-state index in [9.17, 15) is 4.79 Å². The Kier molecular flexibility index (Phi) is 4.72. The molecular formula is C19H16N2O2S2. The van der Waals surface area contributed by atoms with Gasteiger partial charge in [-0.05, 0) is 41.3 Å². The van der Waals surface area contributed by atoms with Crippen LogP contribution in [0.2, 0.25) is 0 Å². The van der Waals surface area contributed by atoms with Crippen molar-refractivity contribution < 1.29 is 9.53 Å². The van der Waals surface area contributed by atoms with Crippen LogP contribution in [0.25, 0.3) is 0 Å². The number of anilines is 1. The summed E-state index contributed by atoms with van der Waals surface area (Å²) in [5.74, 6) is 1.33. The first-order valence-corrected chi connectivity index (χ1v) is 9.84. The fourth-order valence-electron chi connectivity index (χ4n) is 2.68. The van der Waals surface area contributed by atoms with E-state index < -0.39 is 0 Å². The number of carbonyl (C=O) groups is 1. The first kappa shape index (κ1) is 16.2. The molecular weight excluding hydrogens is 352 g/mol. The SMILES string of the molecule is O=C1CS[C@@H](c2ccc(OCc3ccccn3)cc2)c2sccc2N1. The molecule has 1 N–H and O–H groups in total. The van der Waals surface area contributed by atoms with Crippen molar-refractivity contribution in [2.24, 2.45) is 0 Å². The van der Waals surface area contributed by atoms with E-state index in [0.29, 0.717) is 12.4 Å². The normalized spacial score (nSPS) is 16.6. The molecule has 1 aromatic carbocycles. The molecule has 0 fully saturated rings. The lowest BCUT2D eigenvalue weighted by Crippen LogP contribution is -2.11. The van der Waals surface area contributed by atoms with E-state index in [0.717, 1.165) is 17.1 Å². The number of pyridine rings is 1. The van der Waals surface area contributed by atoms with Crippen LogP contribution in [0.5, 0.6) is 5.75 Å². The Morgan fingerprint density at radius 2 is 2.04 bits per heavy atom. The molecule has 1 atom stereocenters. The smallest absolute Gasteiger partial charge is 0.234 e. The number of aromatic nitrogens is 1. The van der Waals surface area contributed by atoms with Crippen LogP contribution in [0.4, 0.5) is 5.69 Å². The number of thioether (sulfide) groups is 1. The van der Waals surface area contributed by atoms with Crippen LogP contribution in [0.1, 0.15) is 21.4 Å². The van der Waals surface area contributed by atoms with Gasteiger partial charge >= 0.3 is 0 Å². The molecule has 2 aromatic heterocycles. The number of amides is 1. The summed E-state index contributed by atoms with van der Waals surface area (Å²) in [6, 6.07) is 15.9. The van der Waals surface area contributed by atoms with Gasteiger partial charge < -0.3 is 10.1 Å². The fourth-order valence-corrected chi connectivity index (χ4v) is 4.92. The maximum Gasteiger partial charge on any atom is 0.234 e. The third-order valence-electron chi connectivity index (χ3n) is 3.88. The molecule has 6 heteroatoms. The van der Waals surface area contributed by atoms with Gasteiger partial charge in [0.05, 0.1) is 22.4 Å². The highest BCUT2D eigenvalue weighted by atomic mass is 32.2. The maximum atomic E-state index is 11.8. The van der Waals surface area contributed by atoms with Crippen molar-refractivity contribution in [2.75, 3.05) is 11.1 Å². The predicted octanol–water partition coefficient (Wildman–Crippen LogP) is 4.50. The number of ether oxygens (including phenoxy) is 1. The highest BCUT2D eigenvalue weighted by Gasteiger charge is 2.25. The Bertz CT molecular complexity index is 863. The van der Waals surface area contributed by atoms with Crippen molar-refractivity contribution in [3.63, 3.8) is 0 Å². The highest BCUT2D eigenvalue weighted by Crippen LogP contribution is 2.44. The van der Waals surface area contributed by atoms with Crippen LogP contribution in [0, 0.1) is 0 Å². The number of fused-ring (bicyclic) bond motifs is 1. The molecule has 0 spiro atoms. The lowest BCUT2D eigenvalue weighted by molar-refractivity contribution is -0.113. The molecule has 25 heavy (non-hydrogen) atoms. The quantitative estimate of drug-likeness (QED) is 0.737. The first-order chi connectivity index (χ1) is 12.3. The summed E-state index contributed by atoms with van der Waals surface area (Å²) >= 11 is 3.34. The fraction of sp³-hybridized carbons (Fsp3) is 0.158. The minimum atomic E-state index is 0.0578. The average molecular weight is 368 g/mol. The zero-order chi connectivity index (χ0) is 17.1. The van der Waals surface area contributed by atoms with Crippen LogP contribution in [0.15, 0.2) is 60.1 Å². The zero-order valence-electron chi connectivity index (χ0n) is 13.3. The predicted molar refractivity (Wildman–Crippen MR) is 102 cm³/mol. The van der Waals surface area contributed by atoms with Gasteiger partial charge in [-0.15, -0.1) is 23.1 Å². The van der Waals surface area contributed by atoms with Crippen LogP contribution >= 0.6 is 23.1 Å². The zero-order valence-corrected chi connectivity index (χ0v) is 15.0. The molecule has 0 saturated carbocycles. The number of benzene rings is 1. The minimum Gasteiger partial charge on any atom is -0.487 e. The summed E-state index contributed by atoms with van der Waals surface area (Å²) in [7, 11) is 0. The summed E-state index contributed by atoms with van der Waals surface area (Å²) < 4.78 is 5.80. The summed E-state index contributed by atoms with van der Waals surface area (Å²) in [6.45, 7) is 0.450. The van der Waals surface area contributed by atoms with E-state index in [1.165, 1.54) is 10.4 Å². The Hall–Kier alpha value is -2.31. The average Bonchev–Trinajstić information content (AvgIpc) is 3.03. The van der Waals surface area contributed by atoms with Gasteiger partial charge in [0.1, 0.15) is 12.4 Å². The van der Waals surface area contributed by atoms with Crippen molar-refractivity contribution in [3.05, 3.63) is 76.2 Å². The Morgan fingerprint density at radius 3 is 2.84 bits per heavy atom. The van der Waals surface area contributed by atoms with Crippen molar-refractivity contribution >= 4 is 34.7 Å². The molecule has 1 aliphatic heterocycles. The minimum absolute atomic E-state index is 0.0578. The van der Waals surface area contributed by atoms with E-state index in [4.69, 9.17) is 4.74 Å². The molecule has 4 nitrogen and oxygen atoms in total. The van der Waals surface area contributed by atoms with E-state index >= 15 is 0 Å². The Balaban J connectivity index is 1.50. The third kappa shape index (κ3) is 3.70. The van der Waals surface area contributed by atoms with Gasteiger partial charge in [0.25, 0.3) is 0 Å². The number of carbonyl (C=O) groups excluding carboxylic acids is 1. The molecule has 0 unspecified atom stereocenters. The molecule has 0 aliphatic carbocycles. The monoisotopic (exact) mass is 368 g/mol. The van der Waals surface area contributed by atoms with Crippen molar-refractivity contribution in [1.29, 1.82) is 0 Å². The number of nitrogens with zero attached hydrogens (tertiary/aromatic N) is 1. The third-order valence-corrected chi connectivity index (χ3v) is 6.29. The second-order valence-electron chi connectivity index (χ2n) is 5.62. The Labute approximate surface area is 154 Å². The summed E-state index contributed by atoms with van der Waals surface area (Å²) in [5, 5.41) is 5.16. The second-order valence-corrected chi connectivity index (χ2v) is 7.66. The van der Waals surface area contributed by atoms with Crippen molar-refractivity contribution in [2.45, 2.75) is 11.9 Å². The topological polar surface area (TPSA) is 51.2 Å². The van der Waals surface area contributed by atoms with Gasteiger partial charge in [-0.25, -0.2) is 0 Å². The molecule has 1 amide bonds. The first-order valence-electron chi connectivity index (χ1n) is 7.91. The molecule has 0 bridgehead atoms. The number of hydrogen-bond donors (Lipinski definition) is 1. The van der Waals surface area contributed by atoms with Gasteiger partial charge in [0.2, 0.25) is 5.91 Å². The van der Waals surface area contributed by atoms with Crippen LogP contribution in [-0.4, -0.2) is 16.6 Å². The number of rotatable bonds is 4. The van der Waals surface area contributed by atoms with E-state index in [2.05, 4.69) is 22.4 Å². The summed E-state index contributed by atoms with van der Waals surface area (Å²) in [4.78, 5) is 17.3. The van der Waals surface area contributed by atoms with E-state index in [1.54, 1.807) is 29.3 Å². The maximum absolute atomic E-state index is 11.8. The van der Waals surface area contributed by atoms with Crippen molar-refractivity contribution in [1.82, 2.24) is 4.98 Å². The molecule has 4 rings (SSSR count). The largest absolute Gasteiger partial charge is 0.487 e. The van der Waals surface area contributed by atoms with Gasteiger partial charge in [-0.1, -0.05) is 18.2 Å². The molecule has 126 valence electrons. The molecule has 0 saturated heterocycles.